The molecule has 0 unspecified atom stereocenters. The predicted octanol–water partition coefficient (Wildman–Crippen LogP) is 2.99. The van der Waals surface area contributed by atoms with Crippen molar-refractivity contribution in [2.24, 2.45) is 0 Å². The molecule has 1 aliphatic rings. The standard InChI is InChI=1S/C10H13N3S/c1-8-9(11-2)14-10(12-8)13-6-4-3-5-7-13/h3-7H2,1H3. The first-order chi connectivity index (χ1) is 6.81. The van der Waals surface area contributed by atoms with Crippen molar-refractivity contribution in [3.8, 4) is 0 Å². The molecule has 0 aromatic carbocycles. The first-order valence-corrected chi connectivity index (χ1v) is 5.73. The Hall–Kier alpha value is -1.08. The predicted molar refractivity (Wildman–Crippen MR) is 59.2 cm³/mol. The Morgan fingerprint density at radius 1 is 1.36 bits per heavy atom. The van der Waals surface area contributed by atoms with Crippen LogP contribution in [0.25, 0.3) is 4.85 Å². The van der Waals surface area contributed by atoms with E-state index in [2.05, 4.69) is 14.7 Å². The lowest BCUT2D eigenvalue weighted by atomic mass is 10.1. The first-order valence-electron chi connectivity index (χ1n) is 4.91. The van der Waals surface area contributed by atoms with Gasteiger partial charge in [0.1, 0.15) is 0 Å². The van der Waals surface area contributed by atoms with Gasteiger partial charge in [0, 0.05) is 13.1 Å². The van der Waals surface area contributed by atoms with E-state index in [0.717, 1.165) is 28.9 Å². The molecular formula is C10H13N3S. The minimum absolute atomic E-state index is 0.741. The van der Waals surface area contributed by atoms with Crippen LogP contribution in [0.4, 0.5) is 10.1 Å². The molecule has 2 rings (SSSR count). The molecule has 1 fully saturated rings. The number of piperidine rings is 1. The second-order valence-corrected chi connectivity index (χ2v) is 4.50. The minimum Gasteiger partial charge on any atom is -0.349 e. The zero-order valence-corrected chi connectivity index (χ0v) is 9.10. The lowest BCUT2D eigenvalue weighted by Crippen LogP contribution is -2.29. The molecule has 1 aliphatic heterocycles. The molecule has 4 heteroatoms. The van der Waals surface area contributed by atoms with Gasteiger partial charge in [-0.2, -0.15) is 0 Å². The summed E-state index contributed by atoms with van der Waals surface area (Å²) in [4.78, 5) is 10.2. The van der Waals surface area contributed by atoms with Crippen LogP contribution in [-0.2, 0) is 0 Å². The van der Waals surface area contributed by atoms with Gasteiger partial charge < -0.3 is 4.90 Å². The highest BCUT2D eigenvalue weighted by Gasteiger charge is 2.15. The van der Waals surface area contributed by atoms with Gasteiger partial charge in [0.05, 0.1) is 12.3 Å². The van der Waals surface area contributed by atoms with Gasteiger partial charge in [-0.3, -0.25) is 0 Å². The van der Waals surface area contributed by atoms with Crippen LogP contribution in [0, 0.1) is 13.5 Å². The van der Waals surface area contributed by atoms with E-state index >= 15 is 0 Å². The zero-order valence-electron chi connectivity index (χ0n) is 8.29. The minimum atomic E-state index is 0.741. The van der Waals surface area contributed by atoms with Gasteiger partial charge in [-0.1, -0.05) is 0 Å². The molecule has 0 spiro atoms. The molecule has 14 heavy (non-hydrogen) atoms. The van der Waals surface area contributed by atoms with Crippen LogP contribution in [0.3, 0.4) is 0 Å². The van der Waals surface area contributed by atoms with Crippen LogP contribution in [0.1, 0.15) is 25.0 Å². The van der Waals surface area contributed by atoms with Gasteiger partial charge in [-0.15, -0.1) is 11.3 Å². The van der Waals surface area contributed by atoms with Gasteiger partial charge in [-0.25, -0.2) is 9.83 Å². The Morgan fingerprint density at radius 2 is 2.07 bits per heavy atom. The third kappa shape index (κ3) is 1.73. The van der Waals surface area contributed by atoms with E-state index in [1.165, 1.54) is 30.6 Å². The van der Waals surface area contributed by atoms with E-state index in [-0.39, 0.29) is 0 Å². The van der Waals surface area contributed by atoms with Crippen LogP contribution in [-0.4, -0.2) is 18.1 Å². The Bertz CT molecular complexity index is 358. The van der Waals surface area contributed by atoms with Crippen molar-refractivity contribution in [3.63, 3.8) is 0 Å². The second kappa shape index (κ2) is 3.97. The summed E-state index contributed by atoms with van der Waals surface area (Å²) in [7, 11) is 0. The highest BCUT2D eigenvalue weighted by Crippen LogP contribution is 2.33. The maximum Gasteiger partial charge on any atom is 0.265 e. The number of thiazole rings is 1. The Morgan fingerprint density at radius 3 is 2.64 bits per heavy atom. The normalized spacial score (nSPS) is 16.7. The summed E-state index contributed by atoms with van der Waals surface area (Å²) in [5, 5.41) is 1.78. The Labute approximate surface area is 88.2 Å². The molecule has 74 valence electrons. The smallest absolute Gasteiger partial charge is 0.265 e. The molecule has 0 atom stereocenters. The molecule has 1 aromatic heterocycles. The lowest BCUT2D eigenvalue weighted by molar-refractivity contribution is 0.576. The molecule has 0 radical (unpaired) electrons. The molecule has 0 bridgehead atoms. The number of aryl methyl sites for hydroxylation is 1. The third-order valence-electron chi connectivity index (χ3n) is 2.49. The maximum atomic E-state index is 6.99. The van der Waals surface area contributed by atoms with Crippen LogP contribution < -0.4 is 4.90 Å². The summed E-state index contributed by atoms with van der Waals surface area (Å²) in [5.41, 5.74) is 0.880. The average molecular weight is 207 g/mol. The largest absolute Gasteiger partial charge is 0.349 e. The average Bonchev–Trinajstić information content (AvgIpc) is 2.61. The Balaban J connectivity index is 2.19. The van der Waals surface area contributed by atoms with Crippen LogP contribution in [0.5, 0.6) is 0 Å². The Kier molecular flexibility index (Phi) is 2.69. The van der Waals surface area contributed by atoms with Crippen molar-refractivity contribution in [1.29, 1.82) is 0 Å². The summed E-state index contributed by atoms with van der Waals surface area (Å²) in [6, 6.07) is 0. The van der Waals surface area contributed by atoms with Crippen molar-refractivity contribution >= 4 is 21.5 Å². The van der Waals surface area contributed by atoms with Gasteiger partial charge in [0.15, 0.2) is 5.13 Å². The molecular weight excluding hydrogens is 194 g/mol. The van der Waals surface area contributed by atoms with Gasteiger partial charge >= 0.3 is 0 Å². The molecule has 2 heterocycles. The highest BCUT2D eigenvalue weighted by atomic mass is 32.1. The quantitative estimate of drug-likeness (QED) is 0.660. The monoisotopic (exact) mass is 207 g/mol. The molecule has 0 aliphatic carbocycles. The number of hydrogen-bond acceptors (Lipinski definition) is 3. The fourth-order valence-electron chi connectivity index (χ4n) is 1.70. The molecule has 0 saturated carbocycles. The summed E-state index contributed by atoms with van der Waals surface area (Å²) in [6.45, 7) is 11.1. The number of anilines is 1. The van der Waals surface area contributed by atoms with Crippen LogP contribution >= 0.6 is 11.3 Å². The summed E-state index contributed by atoms with van der Waals surface area (Å²) in [5.74, 6) is 0. The summed E-state index contributed by atoms with van der Waals surface area (Å²) in [6.07, 6.45) is 3.84. The van der Waals surface area contributed by atoms with Gasteiger partial charge in [-0.05, 0) is 26.2 Å². The maximum absolute atomic E-state index is 6.99. The van der Waals surface area contributed by atoms with Crippen molar-refractivity contribution < 1.29 is 0 Å². The fourth-order valence-corrected chi connectivity index (χ4v) is 2.60. The number of hydrogen-bond donors (Lipinski definition) is 0. The molecule has 1 aromatic rings. The van der Waals surface area contributed by atoms with E-state index in [0.29, 0.717) is 0 Å². The summed E-state index contributed by atoms with van der Waals surface area (Å²) >= 11 is 1.53. The number of aromatic nitrogens is 1. The van der Waals surface area contributed by atoms with E-state index < -0.39 is 0 Å². The van der Waals surface area contributed by atoms with Crippen molar-refractivity contribution in [2.75, 3.05) is 18.0 Å². The van der Waals surface area contributed by atoms with Crippen molar-refractivity contribution in [1.82, 2.24) is 4.98 Å². The fraction of sp³-hybridized carbons (Fsp3) is 0.600. The molecule has 3 nitrogen and oxygen atoms in total. The van der Waals surface area contributed by atoms with Gasteiger partial charge in [0.2, 0.25) is 0 Å². The van der Waals surface area contributed by atoms with Gasteiger partial charge in [0.25, 0.3) is 5.00 Å². The molecule has 0 amide bonds. The van der Waals surface area contributed by atoms with E-state index in [1.54, 1.807) is 0 Å². The van der Waals surface area contributed by atoms with Crippen molar-refractivity contribution in [3.05, 3.63) is 17.1 Å². The summed E-state index contributed by atoms with van der Waals surface area (Å²) < 4.78 is 0. The molecule has 1 saturated heterocycles. The first kappa shape index (κ1) is 9.47. The van der Waals surface area contributed by atoms with Crippen molar-refractivity contribution in [2.45, 2.75) is 26.2 Å². The number of nitrogens with zero attached hydrogens (tertiary/aromatic N) is 3. The van der Waals surface area contributed by atoms with E-state index in [4.69, 9.17) is 6.57 Å². The van der Waals surface area contributed by atoms with E-state index in [9.17, 15) is 0 Å². The van der Waals surface area contributed by atoms with Crippen LogP contribution in [0.2, 0.25) is 0 Å². The number of rotatable bonds is 1. The topological polar surface area (TPSA) is 20.5 Å². The van der Waals surface area contributed by atoms with E-state index in [1.807, 2.05) is 6.92 Å². The molecule has 0 N–H and O–H groups in total. The zero-order chi connectivity index (χ0) is 9.97. The lowest BCUT2D eigenvalue weighted by Gasteiger charge is -2.26. The van der Waals surface area contributed by atoms with Crippen LogP contribution in [0.15, 0.2) is 0 Å². The SMILES string of the molecule is [C-]#[N+]c1sc(N2CCCCC2)nc1C. The highest BCUT2D eigenvalue weighted by molar-refractivity contribution is 7.19. The second-order valence-electron chi connectivity index (χ2n) is 3.55. The third-order valence-corrected chi connectivity index (χ3v) is 3.60.